The number of rotatable bonds is 5. The van der Waals surface area contributed by atoms with Crippen molar-refractivity contribution in [3.05, 3.63) is 65.3 Å². The molecule has 0 aliphatic rings. The third-order valence-electron chi connectivity index (χ3n) is 3.96. The van der Waals surface area contributed by atoms with Crippen LogP contribution in [0, 0.1) is 19.7 Å². The van der Waals surface area contributed by atoms with E-state index in [9.17, 15) is 12.8 Å². The molecule has 0 unspecified atom stereocenters. The third kappa shape index (κ3) is 3.66. The number of hydrogen-bond acceptors (Lipinski definition) is 5. The Labute approximate surface area is 151 Å². The van der Waals surface area contributed by atoms with Gasteiger partial charge in [-0.15, -0.1) is 0 Å². The zero-order valence-corrected chi connectivity index (χ0v) is 15.4. The van der Waals surface area contributed by atoms with Gasteiger partial charge in [-0.05, 0) is 37.6 Å². The van der Waals surface area contributed by atoms with Gasteiger partial charge in [0.1, 0.15) is 5.82 Å². The van der Waals surface area contributed by atoms with Crippen molar-refractivity contribution in [1.82, 2.24) is 14.4 Å². The Balaban J connectivity index is 1.81. The molecule has 0 spiro atoms. The Morgan fingerprint density at radius 3 is 2.46 bits per heavy atom. The Morgan fingerprint density at radius 2 is 1.81 bits per heavy atom. The summed E-state index contributed by atoms with van der Waals surface area (Å²) >= 11 is 0. The lowest BCUT2D eigenvalue weighted by Gasteiger charge is -2.16. The molecule has 26 heavy (non-hydrogen) atoms. The van der Waals surface area contributed by atoms with Crippen LogP contribution < -0.4 is 0 Å². The topological polar surface area (TPSA) is 76.3 Å². The quantitative estimate of drug-likeness (QED) is 0.684. The predicted octanol–water partition coefficient (Wildman–Crippen LogP) is 3.31. The number of aromatic nitrogens is 2. The van der Waals surface area contributed by atoms with Crippen molar-refractivity contribution in [3.63, 3.8) is 0 Å². The lowest BCUT2D eigenvalue weighted by atomic mass is 10.1. The first-order chi connectivity index (χ1) is 12.3. The summed E-state index contributed by atoms with van der Waals surface area (Å²) in [6.45, 7) is 3.44. The molecule has 3 aromatic rings. The Kier molecular flexibility index (Phi) is 4.88. The minimum absolute atomic E-state index is 0.0414. The van der Waals surface area contributed by atoms with Gasteiger partial charge in [-0.1, -0.05) is 35.0 Å². The standard InChI is InChI=1S/C18H18FN3O3S/c1-12-4-6-14(7-5-12)18-20-17(25-21-18)11-22(3)26(23,24)16-9-8-15(19)10-13(16)2/h4-10H,11H2,1-3H3. The molecule has 0 saturated carbocycles. The maximum absolute atomic E-state index is 13.2. The minimum atomic E-state index is -3.81. The maximum atomic E-state index is 13.2. The van der Waals surface area contributed by atoms with Gasteiger partial charge >= 0.3 is 0 Å². The van der Waals surface area contributed by atoms with Crippen molar-refractivity contribution < 1.29 is 17.3 Å². The van der Waals surface area contributed by atoms with Gasteiger partial charge in [0, 0.05) is 12.6 Å². The average molecular weight is 375 g/mol. The van der Waals surface area contributed by atoms with E-state index in [1.54, 1.807) is 6.92 Å². The molecule has 3 rings (SSSR count). The van der Waals surface area contributed by atoms with Crippen molar-refractivity contribution in [1.29, 1.82) is 0 Å². The smallest absolute Gasteiger partial charge is 0.243 e. The van der Waals surface area contributed by atoms with Crippen LogP contribution >= 0.6 is 0 Å². The molecule has 0 radical (unpaired) electrons. The van der Waals surface area contributed by atoms with E-state index in [2.05, 4.69) is 10.1 Å². The van der Waals surface area contributed by atoms with E-state index in [-0.39, 0.29) is 17.3 Å². The van der Waals surface area contributed by atoms with Crippen molar-refractivity contribution in [2.75, 3.05) is 7.05 Å². The van der Waals surface area contributed by atoms with Crippen LogP contribution in [0.3, 0.4) is 0 Å². The van der Waals surface area contributed by atoms with E-state index < -0.39 is 15.8 Å². The zero-order chi connectivity index (χ0) is 18.9. The molecule has 0 aliphatic carbocycles. The molecule has 1 heterocycles. The molecule has 0 aliphatic heterocycles. The summed E-state index contributed by atoms with van der Waals surface area (Å²) in [4.78, 5) is 4.29. The second kappa shape index (κ2) is 6.97. The number of aryl methyl sites for hydroxylation is 2. The Morgan fingerprint density at radius 1 is 1.12 bits per heavy atom. The SMILES string of the molecule is Cc1ccc(-c2noc(CN(C)S(=O)(=O)c3ccc(F)cc3C)n2)cc1. The van der Waals surface area contributed by atoms with Gasteiger partial charge in [0.25, 0.3) is 0 Å². The summed E-state index contributed by atoms with van der Waals surface area (Å²) in [5.41, 5.74) is 2.23. The normalized spacial score (nSPS) is 11.9. The molecule has 8 heteroatoms. The fourth-order valence-corrected chi connectivity index (χ4v) is 3.81. The fraction of sp³-hybridized carbons (Fsp3) is 0.222. The van der Waals surface area contributed by atoms with Crippen molar-refractivity contribution in [3.8, 4) is 11.4 Å². The van der Waals surface area contributed by atoms with Crippen LogP contribution in [-0.2, 0) is 16.6 Å². The first-order valence-electron chi connectivity index (χ1n) is 7.89. The van der Waals surface area contributed by atoms with E-state index in [1.807, 2.05) is 31.2 Å². The maximum Gasteiger partial charge on any atom is 0.243 e. The van der Waals surface area contributed by atoms with Crippen LogP contribution in [0.2, 0.25) is 0 Å². The molecule has 0 atom stereocenters. The molecule has 1 aromatic heterocycles. The number of sulfonamides is 1. The number of halogens is 1. The van der Waals surface area contributed by atoms with Gasteiger partial charge in [0.05, 0.1) is 11.4 Å². The van der Waals surface area contributed by atoms with E-state index in [0.29, 0.717) is 11.4 Å². The lowest BCUT2D eigenvalue weighted by molar-refractivity contribution is 0.336. The first kappa shape index (κ1) is 18.2. The van der Waals surface area contributed by atoms with Crippen LogP contribution in [-0.4, -0.2) is 29.9 Å². The zero-order valence-electron chi connectivity index (χ0n) is 14.6. The summed E-state index contributed by atoms with van der Waals surface area (Å²) in [5, 5.41) is 3.90. The second-order valence-electron chi connectivity index (χ2n) is 6.05. The van der Waals surface area contributed by atoms with E-state index in [1.165, 1.54) is 19.2 Å². The van der Waals surface area contributed by atoms with Crippen molar-refractivity contribution in [2.24, 2.45) is 0 Å². The second-order valence-corrected chi connectivity index (χ2v) is 8.06. The third-order valence-corrected chi connectivity index (χ3v) is 5.92. The summed E-state index contributed by atoms with van der Waals surface area (Å²) < 4.78 is 44.9. The van der Waals surface area contributed by atoms with E-state index in [4.69, 9.17) is 4.52 Å². The fourth-order valence-electron chi connectivity index (χ4n) is 2.48. The highest BCUT2D eigenvalue weighted by Gasteiger charge is 2.25. The molecular weight excluding hydrogens is 357 g/mol. The molecule has 6 nitrogen and oxygen atoms in total. The van der Waals surface area contributed by atoms with Gasteiger partial charge in [-0.3, -0.25) is 0 Å². The van der Waals surface area contributed by atoms with E-state index >= 15 is 0 Å². The molecule has 0 bridgehead atoms. The number of nitrogens with zero attached hydrogens (tertiary/aromatic N) is 3. The van der Waals surface area contributed by atoms with Crippen LogP contribution in [0.1, 0.15) is 17.0 Å². The Hall–Kier alpha value is -2.58. The Bertz CT molecular complexity index is 1030. The molecule has 136 valence electrons. The minimum Gasteiger partial charge on any atom is -0.338 e. The molecule has 0 saturated heterocycles. The summed E-state index contributed by atoms with van der Waals surface area (Å²) in [6, 6.07) is 11.2. The largest absolute Gasteiger partial charge is 0.338 e. The molecule has 0 fully saturated rings. The molecule has 0 amide bonds. The number of benzene rings is 2. The predicted molar refractivity (Wildman–Crippen MR) is 94.3 cm³/mol. The van der Waals surface area contributed by atoms with Crippen LogP contribution in [0.5, 0.6) is 0 Å². The van der Waals surface area contributed by atoms with Gasteiger partial charge < -0.3 is 4.52 Å². The van der Waals surface area contributed by atoms with Crippen molar-refractivity contribution in [2.45, 2.75) is 25.3 Å². The molecule has 0 N–H and O–H groups in total. The summed E-state index contributed by atoms with van der Waals surface area (Å²) in [7, 11) is -2.40. The van der Waals surface area contributed by atoms with E-state index in [0.717, 1.165) is 21.5 Å². The highest BCUT2D eigenvalue weighted by Crippen LogP contribution is 2.22. The van der Waals surface area contributed by atoms with Gasteiger partial charge in [0.15, 0.2) is 0 Å². The first-order valence-corrected chi connectivity index (χ1v) is 9.33. The number of hydrogen-bond donors (Lipinski definition) is 0. The van der Waals surface area contributed by atoms with Gasteiger partial charge in [0.2, 0.25) is 21.7 Å². The monoisotopic (exact) mass is 375 g/mol. The van der Waals surface area contributed by atoms with Crippen molar-refractivity contribution >= 4 is 10.0 Å². The average Bonchev–Trinajstić information content (AvgIpc) is 3.03. The van der Waals surface area contributed by atoms with Crippen LogP contribution in [0.4, 0.5) is 4.39 Å². The van der Waals surface area contributed by atoms with Gasteiger partial charge in [-0.25, -0.2) is 12.8 Å². The van der Waals surface area contributed by atoms with Gasteiger partial charge in [-0.2, -0.15) is 9.29 Å². The summed E-state index contributed by atoms with van der Waals surface area (Å²) in [6.07, 6.45) is 0. The summed E-state index contributed by atoms with van der Waals surface area (Å²) in [5.74, 6) is 0.0823. The highest BCUT2D eigenvalue weighted by atomic mass is 32.2. The molecular formula is C18H18FN3O3S. The molecule has 2 aromatic carbocycles. The van der Waals surface area contributed by atoms with Crippen LogP contribution in [0.25, 0.3) is 11.4 Å². The lowest BCUT2D eigenvalue weighted by Crippen LogP contribution is -2.27. The van der Waals surface area contributed by atoms with Crippen LogP contribution in [0.15, 0.2) is 51.9 Å². The highest BCUT2D eigenvalue weighted by molar-refractivity contribution is 7.89.